The summed E-state index contributed by atoms with van der Waals surface area (Å²) in [5, 5.41) is 7.70. The number of nitrogens with zero attached hydrogens (tertiary/aromatic N) is 1. The van der Waals surface area contributed by atoms with Crippen molar-refractivity contribution >= 4 is 49.5 Å². The SMILES string of the molecule is CNC(=O)c1c(NC(=O)C2CCCN(S(=O)(=O)c3cccs3)C2)sc(C)c1C. The Morgan fingerprint density at radius 1 is 1.29 bits per heavy atom. The fraction of sp³-hybridized carbons (Fsp3) is 0.444. The summed E-state index contributed by atoms with van der Waals surface area (Å²) in [5.74, 6) is -0.955. The number of nitrogens with one attached hydrogen (secondary N) is 2. The summed E-state index contributed by atoms with van der Waals surface area (Å²) in [6.07, 6.45) is 1.23. The van der Waals surface area contributed by atoms with Gasteiger partial charge in [0.2, 0.25) is 5.91 Å². The minimum Gasteiger partial charge on any atom is -0.355 e. The Bertz CT molecular complexity index is 980. The van der Waals surface area contributed by atoms with E-state index in [4.69, 9.17) is 0 Å². The van der Waals surface area contributed by atoms with Gasteiger partial charge in [-0.25, -0.2) is 8.42 Å². The van der Waals surface area contributed by atoms with Gasteiger partial charge in [-0.2, -0.15) is 4.31 Å². The number of piperidine rings is 1. The largest absolute Gasteiger partial charge is 0.355 e. The Kier molecular flexibility index (Phi) is 6.23. The second kappa shape index (κ2) is 8.32. The summed E-state index contributed by atoms with van der Waals surface area (Å²) in [6, 6.07) is 3.28. The lowest BCUT2D eigenvalue weighted by Crippen LogP contribution is -2.43. The van der Waals surface area contributed by atoms with Gasteiger partial charge in [0.15, 0.2) is 0 Å². The molecule has 1 aliphatic rings. The van der Waals surface area contributed by atoms with Gasteiger partial charge in [-0.1, -0.05) is 6.07 Å². The third kappa shape index (κ3) is 4.00. The molecule has 0 radical (unpaired) electrons. The van der Waals surface area contributed by atoms with E-state index < -0.39 is 15.9 Å². The zero-order valence-electron chi connectivity index (χ0n) is 15.9. The van der Waals surface area contributed by atoms with Crippen LogP contribution in [0.5, 0.6) is 0 Å². The molecule has 2 aromatic rings. The van der Waals surface area contributed by atoms with Crippen molar-refractivity contribution in [2.24, 2.45) is 5.92 Å². The van der Waals surface area contributed by atoms with Gasteiger partial charge >= 0.3 is 0 Å². The highest BCUT2D eigenvalue weighted by Gasteiger charge is 2.34. The number of carbonyl (C=O) groups excluding carboxylic acids is 2. The highest BCUT2D eigenvalue weighted by molar-refractivity contribution is 7.91. The third-order valence-electron chi connectivity index (χ3n) is 4.92. The van der Waals surface area contributed by atoms with Crippen molar-refractivity contribution in [3.05, 3.63) is 33.5 Å². The van der Waals surface area contributed by atoms with Gasteiger partial charge in [0.1, 0.15) is 9.21 Å². The molecular weight excluding hydrogens is 418 g/mol. The molecule has 1 fully saturated rings. The molecule has 7 nitrogen and oxygen atoms in total. The molecule has 152 valence electrons. The molecular formula is C18H23N3O4S3. The van der Waals surface area contributed by atoms with Gasteiger partial charge in [0, 0.05) is 25.0 Å². The Balaban J connectivity index is 1.77. The maximum absolute atomic E-state index is 12.9. The molecule has 2 N–H and O–H groups in total. The van der Waals surface area contributed by atoms with Gasteiger partial charge in [0.05, 0.1) is 11.5 Å². The molecule has 3 heterocycles. The van der Waals surface area contributed by atoms with Crippen molar-refractivity contribution in [1.29, 1.82) is 0 Å². The minimum atomic E-state index is -3.58. The van der Waals surface area contributed by atoms with Crippen LogP contribution in [0.15, 0.2) is 21.7 Å². The van der Waals surface area contributed by atoms with Crippen LogP contribution < -0.4 is 10.6 Å². The van der Waals surface area contributed by atoms with Crippen LogP contribution in [-0.4, -0.2) is 44.7 Å². The molecule has 0 aliphatic carbocycles. The number of aryl methyl sites for hydroxylation is 1. The summed E-state index contributed by atoms with van der Waals surface area (Å²) in [6.45, 7) is 4.30. The first kappa shape index (κ1) is 21.0. The van der Waals surface area contributed by atoms with E-state index in [1.165, 1.54) is 27.0 Å². The van der Waals surface area contributed by atoms with Crippen LogP contribution in [0.4, 0.5) is 5.00 Å². The van der Waals surface area contributed by atoms with E-state index in [1.807, 2.05) is 13.8 Å². The minimum absolute atomic E-state index is 0.144. The molecule has 28 heavy (non-hydrogen) atoms. The molecule has 3 rings (SSSR count). The number of anilines is 1. The molecule has 1 unspecified atom stereocenters. The number of carbonyl (C=O) groups is 2. The number of amides is 2. The fourth-order valence-electron chi connectivity index (χ4n) is 3.24. The molecule has 1 saturated heterocycles. The second-order valence-corrected chi connectivity index (χ2v) is 11.0. The van der Waals surface area contributed by atoms with Crippen molar-refractivity contribution in [2.75, 3.05) is 25.5 Å². The van der Waals surface area contributed by atoms with Crippen molar-refractivity contribution in [3.8, 4) is 0 Å². The van der Waals surface area contributed by atoms with Crippen LogP contribution >= 0.6 is 22.7 Å². The first-order chi connectivity index (χ1) is 13.3. The predicted molar refractivity (Wildman–Crippen MR) is 112 cm³/mol. The van der Waals surface area contributed by atoms with Crippen LogP contribution in [0, 0.1) is 19.8 Å². The number of hydrogen-bond acceptors (Lipinski definition) is 6. The van der Waals surface area contributed by atoms with E-state index in [1.54, 1.807) is 24.6 Å². The van der Waals surface area contributed by atoms with Crippen LogP contribution in [0.1, 0.15) is 33.6 Å². The van der Waals surface area contributed by atoms with Crippen LogP contribution in [0.3, 0.4) is 0 Å². The standard InChI is InChI=1S/C18H23N3O4S3/c1-11-12(2)27-18(15(11)17(23)19-3)20-16(22)13-6-4-8-21(10-13)28(24,25)14-7-5-9-26-14/h5,7,9,13H,4,6,8,10H2,1-3H3,(H,19,23)(H,20,22). The quantitative estimate of drug-likeness (QED) is 0.746. The Labute approximate surface area is 172 Å². The van der Waals surface area contributed by atoms with Crippen LogP contribution in [-0.2, 0) is 14.8 Å². The molecule has 0 spiro atoms. The predicted octanol–water partition coefficient (Wildman–Crippen LogP) is 2.83. The maximum Gasteiger partial charge on any atom is 0.254 e. The number of thiophene rings is 2. The van der Waals surface area contributed by atoms with Crippen LogP contribution in [0.2, 0.25) is 0 Å². The molecule has 0 saturated carbocycles. The molecule has 2 amide bonds. The molecule has 0 aromatic carbocycles. The van der Waals surface area contributed by atoms with Gasteiger partial charge in [-0.05, 0) is 43.7 Å². The van der Waals surface area contributed by atoms with Crippen molar-refractivity contribution in [1.82, 2.24) is 9.62 Å². The monoisotopic (exact) mass is 441 g/mol. The molecule has 1 atom stereocenters. The van der Waals surface area contributed by atoms with Crippen LogP contribution in [0.25, 0.3) is 0 Å². The smallest absolute Gasteiger partial charge is 0.254 e. The van der Waals surface area contributed by atoms with E-state index in [9.17, 15) is 18.0 Å². The first-order valence-electron chi connectivity index (χ1n) is 8.92. The second-order valence-electron chi connectivity index (χ2n) is 6.69. The Hall–Kier alpha value is -1.75. The van der Waals surface area contributed by atoms with E-state index >= 15 is 0 Å². The van der Waals surface area contributed by atoms with E-state index in [0.717, 1.165) is 10.4 Å². The average molecular weight is 442 g/mol. The molecule has 2 aromatic heterocycles. The van der Waals surface area contributed by atoms with Gasteiger partial charge < -0.3 is 10.6 Å². The zero-order valence-corrected chi connectivity index (χ0v) is 18.4. The molecule has 10 heteroatoms. The lowest BCUT2D eigenvalue weighted by atomic mass is 9.99. The van der Waals surface area contributed by atoms with E-state index in [2.05, 4.69) is 10.6 Å². The third-order valence-corrected chi connectivity index (χ3v) is 9.28. The lowest BCUT2D eigenvalue weighted by molar-refractivity contribution is -0.120. The van der Waals surface area contributed by atoms with Gasteiger partial charge in [-0.3, -0.25) is 9.59 Å². The number of rotatable bonds is 5. The van der Waals surface area contributed by atoms with Crippen molar-refractivity contribution < 1.29 is 18.0 Å². The molecule has 0 bridgehead atoms. The molecule has 1 aliphatic heterocycles. The summed E-state index contributed by atoms with van der Waals surface area (Å²) in [7, 11) is -2.03. The zero-order chi connectivity index (χ0) is 20.5. The topological polar surface area (TPSA) is 95.6 Å². The van der Waals surface area contributed by atoms with Crippen molar-refractivity contribution in [2.45, 2.75) is 30.9 Å². The summed E-state index contributed by atoms with van der Waals surface area (Å²) in [5.41, 5.74) is 1.31. The average Bonchev–Trinajstić information content (AvgIpc) is 3.31. The number of sulfonamides is 1. The first-order valence-corrected chi connectivity index (χ1v) is 12.1. The highest BCUT2D eigenvalue weighted by Crippen LogP contribution is 2.33. The number of hydrogen-bond donors (Lipinski definition) is 2. The van der Waals surface area contributed by atoms with Gasteiger partial charge in [0.25, 0.3) is 15.9 Å². The Morgan fingerprint density at radius 3 is 2.68 bits per heavy atom. The fourth-order valence-corrected chi connectivity index (χ4v) is 6.97. The summed E-state index contributed by atoms with van der Waals surface area (Å²) >= 11 is 2.53. The summed E-state index contributed by atoms with van der Waals surface area (Å²) < 4.78 is 27.2. The summed E-state index contributed by atoms with van der Waals surface area (Å²) in [4.78, 5) is 26.0. The maximum atomic E-state index is 12.9. The normalized spacial score (nSPS) is 18.0. The lowest BCUT2D eigenvalue weighted by Gasteiger charge is -2.30. The van der Waals surface area contributed by atoms with E-state index in [-0.39, 0.29) is 18.4 Å². The Morgan fingerprint density at radius 2 is 2.04 bits per heavy atom. The highest BCUT2D eigenvalue weighted by atomic mass is 32.2. The van der Waals surface area contributed by atoms with E-state index in [0.29, 0.717) is 34.2 Å². The van der Waals surface area contributed by atoms with Gasteiger partial charge in [-0.15, -0.1) is 22.7 Å². The van der Waals surface area contributed by atoms with Crippen molar-refractivity contribution in [3.63, 3.8) is 0 Å².